The number of hydrogen-bond donors (Lipinski definition) is 4. The van der Waals surface area contributed by atoms with Gasteiger partial charge in [-0.2, -0.15) is 0 Å². The summed E-state index contributed by atoms with van der Waals surface area (Å²) >= 11 is 0. The minimum absolute atomic E-state index is 0.0226. The molecule has 0 aliphatic rings. The molecule has 6 nitrogen and oxygen atoms in total. The van der Waals surface area contributed by atoms with Crippen LogP contribution in [0.1, 0.15) is 12.8 Å². The Morgan fingerprint density at radius 1 is 1.21 bits per heavy atom. The van der Waals surface area contributed by atoms with Gasteiger partial charge in [0.15, 0.2) is 0 Å². The van der Waals surface area contributed by atoms with Crippen LogP contribution in [0.2, 0.25) is 0 Å². The van der Waals surface area contributed by atoms with E-state index in [0.717, 1.165) is 0 Å². The lowest BCUT2D eigenvalue weighted by Crippen LogP contribution is -2.57. The predicted molar refractivity (Wildman–Crippen MR) is 47.4 cm³/mol. The SMILES string of the molecule is O=CCCC(=O)NC(CO)(CO)CO. The summed E-state index contributed by atoms with van der Waals surface area (Å²) in [6.07, 6.45) is 0.646. The second-order valence-electron chi connectivity index (χ2n) is 3.01. The topological polar surface area (TPSA) is 107 Å². The summed E-state index contributed by atoms with van der Waals surface area (Å²) in [7, 11) is 0. The van der Waals surface area contributed by atoms with E-state index in [-0.39, 0.29) is 12.8 Å². The maximum atomic E-state index is 11.1. The molecule has 0 heterocycles. The molecule has 0 saturated heterocycles. The number of carbonyl (C=O) groups is 2. The van der Waals surface area contributed by atoms with E-state index in [1.807, 2.05) is 0 Å². The van der Waals surface area contributed by atoms with Crippen LogP contribution >= 0.6 is 0 Å². The average Bonchev–Trinajstić information content (AvgIpc) is 2.23. The van der Waals surface area contributed by atoms with Gasteiger partial charge in [0, 0.05) is 12.8 Å². The van der Waals surface area contributed by atoms with Gasteiger partial charge in [-0.25, -0.2) is 0 Å². The Balaban J connectivity index is 4.14. The van der Waals surface area contributed by atoms with Gasteiger partial charge in [0.2, 0.25) is 5.91 Å². The summed E-state index contributed by atoms with van der Waals surface area (Å²) in [5, 5.41) is 28.8. The third-order valence-corrected chi connectivity index (χ3v) is 1.80. The molecule has 14 heavy (non-hydrogen) atoms. The van der Waals surface area contributed by atoms with E-state index in [9.17, 15) is 9.59 Å². The Morgan fingerprint density at radius 2 is 1.71 bits per heavy atom. The highest BCUT2D eigenvalue weighted by molar-refractivity contribution is 5.78. The third kappa shape index (κ3) is 3.82. The maximum Gasteiger partial charge on any atom is 0.221 e. The van der Waals surface area contributed by atoms with E-state index in [1.54, 1.807) is 0 Å². The molecule has 6 heteroatoms. The van der Waals surface area contributed by atoms with Crippen molar-refractivity contribution in [3.05, 3.63) is 0 Å². The fourth-order valence-electron chi connectivity index (χ4n) is 0.817. The van der Waals surface area contributed by atoms with Gasteiger partial charge in [-0.1, -0.05) is 0 Å². The molecule has 4 N–H and O–H groups in total. The monoisotopic (exact) mass is 205 g/mol. The Morgan fingerprint density at radius 3 is 2.07 bits per heavy atom. The molecule has 0 aromatic rings. The van der Waals surface area contributed by atoms with Crippen LogP contribution in [0.25, 0.3) is 0 Å². The van der Waals surface area contributed by atoms with Crippen LogP contribution in [0.4, 0.5) is 0 Å². The van der Waals surface area contributed by atoms with Crippen molar-refractivity contribution < 1.29 is 24.9 Å². The Hall–Kier alpha value is -0.980. The standard InChI is InChI=1S/C8H15NO5/c10-3-1-2-7(14)9-8(4-11,5-12)6-13/h3,11-13H,1-2,4-6H2,(H,9,14). The second-order valence-corrected chi connectivity index (χ2v) is 3.01. The van der Waals surface area contributed by atoms with Crippen molar-refractivity contribution in [2.24, 2.45) is 0 Å². The van der Waals surface area contributed by atoms with Crippen molar-refractivity contribution in [3.63, 3.8) is 0 Å². The van der Waals surface area contributed by atoms with Crippen LogP contribution in [-0.2, 0) is 9.59 Å². The molecule has 0 atom stereocenters. The van der Waals surface area contributed by atoms with E-state index in [0.29, 0.717) is 6.29 Å². The number of hydrogen-bond acceptors (Lipinski definition) is 5. The molecule has 0 spiro atoms. The molecule has 0 bridgehead atoms. The van der Waals surface area contributed by atoms with Crippen molar-refractivity contribution in [3.8, 4) is 0 Å². The zero-order valence-corrected chi connectivity index (χ0v) is 7.77. The minimum atomic E-state index is -1.40. The Labute approximate surface area is 81.5 Å². The molecule has 0 radical (unpaired) electrons. The molecule has 0 aliphatic carbocycles. The number of aliphatic hydroxyl groups excluding tert-OH is 3. The van der Waals surface area contributed by atoms with Crippen molar-refractivity contribution in [2.75, 3.05) is 19.8 Å². The van der Waals surface area contributed by atoms with Crippen LogP contribution in [0.3, 0.4) is 0 Å². The molecule has 0 aromatic carbocycles. The zero-order valence-electron chi connectivity index (χ0n) is 7.77. The van der Waals surface area contributed by atoms with Crippen LogP contribution in [0.15, 0.2) is 0 Å². The molecular formula is C8H15NO5. The highest BCUT2D eigenvalue weighted by Gasteiger charge is 2.29. The summed E-state index contributed by atoms with van der Waals surface area (Å²) in [5.41, 5.74) is -1.40. The number of rotatable bonds is 7. The number of nitrogens with one attached hydrogen (secondary N) is 1. The van der Waals surface area contributed by atoms with Gasteiger partial charge in [0.25, 0.3) is 0 Å². The molecule has 0 aliphatic heterocycles. The molecule has 0 fully saturated rings. The smallest absolute Gasteiger partial charge is 0.221 e. The van der Waals surface area contributed by atoms with Gasteiger partial charge in [0.05, 0.1) is 19.8 Å². The van der Waals surface area contributed by atoms with Crippen LogP contribution in [-0.4, -0.2) is 52.9 Å². The Kier molecular flexibility index (Phi) is 6.02. The summed E-state index contributed by atoms with van der Waals surface area (Å²) < 4.78 is 0. The highest BCUT2D eigenvalue weighted by Crippen LogP contribution is 2.02. The average molecular weight is 205 g/mol. The summed E-state index contributed by atoms with van der Waals surface area (Å²) in [5.74, 6) is -0.491. The number of aliphatic hydroxyl groups is 3. The number of carbonyl (C=O) groups excluding carboxylic acids is 2. The number of amides is 1. The summed E-state index contributed by atoms with van der Waals surface area (Å²) in [6.45, 7) is -1.69. The van der Waals surface area contributed by atoms with Gasteiger partial charge < -0.3 is 25.4 Å². The maximum absolute atomic E-state index is 11.1. The van der Waals surface area contributed by atoms with Gasteiger partial charge in [-0.05, 0) is 0 Å². The lowest BCUT2D eigenvalue weighted by molar-refractivity contribution is -0.126. The van der Waals surface area contributed by atoms with Crippen molar-refractivity contribution in [1.82, 2.24) is 5.32 Å². The lowest BCUT2D eigenvalue weighted by Gasteiger charge is -2.28. The Bertz CT molecular complexity index is 182. The molecule has 0 unspecified atom stereocenters. The molecule has 0 aromatic heterocycles. The van der Waals surface area contributed by atoms with Gasteiger partial charge in [-0.3, -0.25) is 4.79 Å². The first-order valence-corrected chi connectivity index (χ1v) is 4.21. The minimum Gasteiger partial charge on any atom is -0.394 e. The normalized spacial score (nSPS) is 11.1. The zero-order chi connectivity index (χ0) is 11.0. The third-order valence-electron chi connectivity index (χ3n) is 1.80. The molecule has 0 saturated carbocycles. The first-order valence-electron chi connectivity index (χ1n) is 4.21. The lowest BCUT2D eigenvalue weighted by atomic mass is 10.0. The van der Waals surface area contributed by atoms with E-state index in [1.165, 1.54) is 0 Å². The van der Waals surface area contributed by atoms with Gasteiger partial charge in [-0.15, -0.1) is 0 Å². The van der Waals surface area contributed by atoms with Crippen molar-refractivity contribution in [2.45, 2.75) is 18.4 Å². The van der Waals surface area contributed by atoms with Crippen LogP contribution in [0, 0.1) is 0 Å². The van der Waals surface area contributed by atoms with Crippen molar-refractivity contribution >= 4 is 12.2 Å². The van der Waals surface area contributed by atoms with Crippen molar-refractivity contribution in [1.29, 1.82) is 0 Å². The fraction of sp³-hybridized carbons (Fsp3) is 0.750. The van der Waals surface area contributed by atoms with Crippen LogP contribution in [0.5, 0.6) is 0 Å². The van der Waals surface area contributed by atoms with Crippen LogP contribution < -0.4 is 5.32 Å². The fourth-order valence-corrected chi connectivity index (χ4v) is 0.817. The molecule has 1 amide bonds. The van der Waals surface area contributed by atoms with E-state index < -0.39 is 31.3 Å². The molecule has 0 rings (SSSR count). The highest BCUT2D eigenvalue weighted by atomic mass is 16.3. The van der Waals surface area contributed by atoms with E-state index in [2.05, 4.69) is 5.32 Å². The van der Waals surface area contributed by atoms with E-state index >= 15 is 0 Å². The number of aldehydes is 1. The van der Waals surface area contributed by atoms with Gasteiger partial charge >= 0.3 is 0 Å². The largest absolute Gasteiger partial charge is 0.394 e. The first-order chi connectivity index (χ1) is 6.64. The summed E-state index contributed by atoms with van der Waals surface area (Å²) in [4.78, 5) is 21.0. The first kappa shape index (κ1) is 13.0. The molecule has 82 valence electrons. The second kappa shape index (κ2) is 6.47. The van der Waals surface area contributed by atoms with Gasteiger partial charge in [0.1, 0.15) is 11.8 Å². The summed E-state index contributed by atoms with van der Waals surface area (Å²) in [6, 6.07) is 0. The quantitative estimate of drug-likeness (QED) is 0.353. The molecular weight excluding hydrogens is 190 g/mol. The predicted octanol–water partition coefficient (Wildman–Crippen LogP) is -2.20. The van der Waals surface area contributed by atoms with E-state index in [4.69, 9.17) is 15.3 Å².